The van der Waals surface area contributed by atoms with Gasteiger partial charge in [0.25, 0.3) is 0 Å². The Balaban J connectivity index is 1.60. The zero-order valence-corrected chi connectivity index (χ0v) is 13.8. The highest BCUT2D eigenvalue weighted by Crippen LogP contribution is 2.19. The van der Waals surface area contributed by atoms with Gasteiger partial charge in [0.1, 0.15) is 11.4 Å². The number of imidazole rings is 1. The molecule has 0 unspecified atom stereocenters. The first kappa shape index (κ1) is 16.8. The lowest BCUT2D eigenvalue weighted by molar-refractivity contribution is 0.0490. The molecule has 6 heteroatoms. The largest absolute Gasteiger partial charge is 0.444 e. The van der Waals surface area contributed by atoms with Crippen LogP contribution in [0.25, 0.3) is 0 Å². The second-order valence-corrected chi connectivity index (χ2v) is 6.93. The zero-order chi connectivity index (χ0) is 16.0. The SMILES string of the molecule is CC(C)(C)OC(=O)NC1CCC(NCCc2ncc[nH]2)CC1. The van der Waals surface area contributed by atoms with E-state index in [0.717, 1.165) is 44.5 Å². The first-order valence-corrected chi connectivity index (χ1v) is 8.13. The second kappa shape index (κ2) is 7.63. The van der Waals surface area contributed by atoms with E-state index in [4.69, 9.17) is 4.74 Å². The average molecular weight is 308 g/mol. The van der Waals surface area contributed by atoms with E-state index in [9.17, 15) is 4.79 Å². The molecule has 124 valence electrons. The van der Waals surface area contributed by atoms with Gasteiger partial charge in [-0.2, -0.15) is 0 Å². The van der Waals surface area contributed by atoms with Gasteiger partial charge in [-0.15, -0.1) is 0 Å². The summed E-state index contributed by atoms with van der Waals surface area (Å²) in [6.45, 7) is 6.58. The number of rotatable bonds is 5. The molecular weight excluding hydrogens is 280 g/mol. The molecule has 0 saturated heterocycles. The van der Waals surface area contributed by atoms with Crippen LogP contribution in [0, 0.1) is 0 Å². The maximum Gasteiger partial charge on any atom is 0.407 e. The van der Waals surface area contributed by atoms with E-state index in [0.29, 0.717) is 6.04 Å². The molecule has 3 N–H and O–H groups in total. The highest BCUT2D eigenvalue weighted by molar-refractivity contribution is 5.68. The molecule has 0 atom stereocenters. The van der Waals surface area contributed by atoms with Crippen LogP contribution in [0.5, 0.6) is 0 Å². The summed E-state index contributed by atoms with van der Waals surface area (Å²) in [7, 11) is 0. The number of nitrogens with one attached hydrogen (secondary N) is 3. The molecule has 0 radical (unpaired) electrons. The smallest absolute Gasteiger partial charge is 0.407 e. The molecule has 2 rings (SSSR count). The Morgan fingerprint density at radius 3 is 2.59 bits per heavy atom. The maximum absolute atomic E-state index is 11.8. The molecule has 6 nitrogen and oxygen atoms in total. The van der Waals surface area contributed by atoms with Crippen molar-refractivity contribution in [2.24, 2.45) is 0 Å². The summed E-state index contributed by atoms with van der Waals surface area (Å²) in [5, 5.41) is 6.54. The van der Waals surface area contributed by atoms with Crippen molar-refractivity contribution in [2.75, 3.05) is 6.54 Å². The third-order valence-electron chi connectivity index (χ3n) is 3.80. The Morgan fingerprint density at radius 1 is 1.32 bits per heavy atom. The molecule has 0 spiro atoms. The fourth-order valence-corrected chi connectivity index (χ4v) is 2.75. The fraction of sp³-hybridized carbons (Fsp3) is 0.750. The molecule has 0 bridgehead atoms. The van der Waals surface area contributed by atoms with E-state index in [1.165, 1.54) is 0 Å². The molecule has 1 fully saturated rings. The standard InChI is InChI=1S/C16H28N4O2/c1-16(2,3)22-15(21)20-13-6-4-12(5-7-13)17-9-8-14-18-10-11-19-14/h10-13,17H,4-9H2,1-3H3,(H,18,19)(H,20,21). The molecule has 0 aromatic carbocycles. The van der Waals surface area contributed by atoms with Crippen molar-refractivity contribution < 1.29 is 9.53 Å². The number of ether oxygens (including phenoxy) is 1. The topological polar surface area (TPSA) is 79.0 Å². The van der Waals surface area contributed by atoms with E-state index in [-0.39, 0.29) is 12.1 Å². The third kappa shape index (κ3) is 6.05. The van der Waals surface area contributed by atoms with E-state index < -0.39 is 5.60 Å². The highest BCUT2D eigenvalue weighted by atomic mass is 16.6. The van der Waals surface area contributed by atoms with Gasteiger partial charge in [0.2, 0.25) is 0 Å². The molecule has 1 aliphatic carbocycles. The summed E-state index contributed by atoms with van der Waals surface area (Å²) < 4.78 is 5.30. The van der Waals surface area contributed by atoms with Gasteiger partial charge < -0.3 is 20.4 Å². The fourth-order valence-electron chi connectivity index (χ4n) is 2.75. The number of carbonyl (C=O) groups excluding carboxylic acids is 1. The quantitative estimate of drug-likeness (QED) is 0.780. The summed E-state index contributed by atoms with van der Waals surface area (Å²) in [4.78, 5) is 19.1. The van der Waals surface area contributed by atoms with Gasteiger partial charge in [0, 0.05) is 37.4 Å². The second-order valence-electron chi connectivity index (χ2n) is 6.93. The van der Waals surface area contributed by atoms with Crippen molar-refractivity contribution in [3.63, 3.8) is 0 Å². The number of nitrogens with zero attached hydrogens (tertiary/aromatic N) is 1. The molecule has 1 aliphatic rings. The van der Waals surface area contributed by atoms with Crippen LogP contribution in [-0.2, 0) is 11.2 Å². The summed E-state index contributed by atoms with van der Waals surface area (Å²) in [5.74, 6) is 1.02. The average Bonchev–Trinajstić information content (AvgIpc) is 2.92. The van der Waals surface area contributed by atoms with Crippen LogP contribution in [0.1, 0.15) is 52.3 Å². The first-order chi connectivity index (χ1) is 10.4. The van der Waals surface area contributed by atoms with Crippen LogP contribution in [0.4, 0.5) is 4.79 Å². The van der Waals surface area contributed by atoms with Crippen molar-refractivity contribution in [2.45, 2.75) is 70.6 Å². The molecule has 1 aromatic heterocycles. The molecule has 0 aliphatic heterocycles. The lowest BCUT2D eigenvalue weighted by atomic mass is 9.91. The van der Waals surface area contributed by atoms with Gasteiger partial charge in [-0.3, -0.25) is 0 Å². The van der Waals surface area contributed by atoms with Crippen molar-refractivity contribution >= 4 is 6.09 Å². The van der Waals surface area contributed by atoms with Crippen LogP contribution < -0.4 is 10.6 Å². The molecular formula is C16H28N4O2. The zero-order valence-electron chi connectivity index (χ0n) is 13.8. The van der Waals surface area contributed by atoms with Gasteiger partial charge in [-0.25, -0.2) is 9.78 Å². The van der Waals surface area contributed by atoms with Gasteiger partial charge in [-0.1, -0.05) is 0 Å². The Bertz CT molecular complexity index is 445. The number of H-pyrrole nitrogens is 1. The van der Waals surface area contributed by atoms with Crippen molar-refractivity contribution in [1.82, 2.24) is 20.6 Å². The monoisotopic (exact) mass is 308 g/mol. The summed E-state index contributed by atoms with van der Waals surface area (Å²) in [6.07, 6.45) is 8.41. The Labute approximate surface area is 132 Å². The molecule has 22 heavy (non-hydrogen) atoms. The van der Waals surface area contributed by atoms with E-state index in [1.807, 2.05) is 27.0 Å². The van der Waals surface area contributed by atoms with E-state index >= 15 is 0 Å². The van der Waals surface area contributed by atoms with E-state index in [2.05, 4.69) is 20.6 Å². The van der Waals surface area contributed by atoms with Crippen molar-refractivity contribution in [3.05, 3.63) is 18.2 Å². The number of carbonyl (C=O) groups is 1. The number of aromatic amines is 1. The summed E-state index contributed by atoms with van der Waals surface area (Å²) in [5.41, 5.74) is -0.436. The van der Waals surface area contributed by atoms with Crippen LogP contribution in [0.3, 0.4) is 0 Å². The van der Waals surface area contributed by atoms with Crippen LogP contribution in [0.15, 0.2) is 12.4 Å². The van der Waals surface area contributed by atoms with Crippen LogP contribution in [0.2, 0.25) is 0 Å². The number of aromatic nitrogens is 2. The van der Waals surface area contributed by atoms with Crippen LogP contribution >= 0.6 is 0 Å². The maximum atomic E-state index is 11.8. The molecule has 1 amide bonds. The Hall–Kier alpha value is -1.56. The molecule has 1 aromatic rings. The summed E-state index contributed by atoms with van der Waals surface area (Å²) >= 11 is 0. The molecule has 1 heterocycles. The number of hydrogen-bond donors (Lipinski definition) is 3. The molecule has 1 saturated carbocycles. The predicted molar refractivity (Wildman–Crippen MR) is 85.7 cm³/mol. The third-order valence-corrected chi connectivity index (χ3v) is 3.80. The lowest BCUT2D eigenvalue weighted by Crippen LogP contribution is -2.44. The van der Waals surface area contributed by atoms with Gasteiger partial charge in [0.05, 0.1) is 0 Å². The first-order valence-electron chi connectivity index (χ1n) is 8.13. The van der Waals surface area contributed by atoms with Crippen molar-refractivity contribution in [1.29, 1.82) is 0 Å². The van der Waals surface area contributed by atoms with Gasteiger partial charge in [-0.05, 0) is 46.5 Å². The Morgan fingerprint density at radius 2 is 2.00 bits per heavy atom. The highest BCUT2D eigenvalue weighted by Gasteiger charge is 2.24. The van der Waals surface area contributed by atoms with Gasteiger partial charge in [0.15, 0.2) is 0 Å². The minimum Gasteiger partial charge on any atom is -0.444 e. The number of hydrogen-bond acceptors (Lipinski definition) is 4. The number of alkyl carbamates (subject to hydrolysis) is 1. The normalized spacial score (nSPS) is 22.3. The predicted octanol–water partition coefficient (Wildman–Crippen LogP) is 2.38. The lowest BCUT2D eigenvalue weighted by Gasteiger charge is -2.30. The summed E-state index contributed by atoms with van der Waals surface area (Å²) in [6, 6.07) is 0.768. The van der Waals surface area contributed by atoms with E-state index in [1.54, 1.807) is 6.20 Å². The number of amides is 1. The minimum atomic E-state index is -0.436. The van der Waals surface area contributed by atoms with Gasteiger partial charge >= 0.3 is 6.09 Å². The van der Waals surface area contributed by atoms with Crippen molar-refractivity contribution in [3.8, 4) is 0 Å². The Kier molecular flexibility index (Phi) is 5.83. The van der Waals surface area contributed by atoms with Crippen LogP contribution in [-0.4, -0.2) is 40.3 Å². The minimum absolute atomic E-state index is 0.234.